The second-order valence-electron chi connectivity index (χ2n) is 7.97. The fraction of sp³-hybridized carbons (Fsp3) is 0.318. The van der Waals surface area contributed by atoms with Crippen LogP contribution in [0.25, 0.3) is 27.8 Å². The van der Waals surface area contributed by atoms with Gasteiger partial charge in [0, 0.05) is 29.7 Å². The molecule has 0 spiro atoms. The van der Waals surface area contributed by atoms with Crippen LogP contribution in [0.2, 0.25) is 0 Å². The van der Waals surface area contributed by atoms with Crippen LogP contribution >= 0.6 is 0 Å². The molecule has 1 aliphatic rings. The molecule has 6 rings (SSSR count). The lowest BCUT2D eigenvalue weighted by molar-refractivity contribution is 0.329. The molecule has 0 atom stereocenters. The normalized spacial score (nSPS) is 15.3. The van der Waals surface area contributed by atoms with Crippen LogP contribution in [0, 0.1) is 0 Å². The van der Waals surface area contributed by atoms with E-state index in [0.717, 1.165) is 33.5 Å². The Morgan fingerprint density at radius 1 is 0.900 bits per heavy atom. The first-order valence-corrected chi connectivity index (χ1v) is 10.5. The van der Waals surface area contributed by atoms with E-state index in [4.69, 9.17) is 0 Å². The molecule has 0 bridgehead atoms. The SMILES string of the molecule is c1cnn2c(Cn3ncc4ncc(-c5cnn(C6CCCCC6)c5)cc43)cnc2c1. The quantitative estimate of drug-likeness (QED) is 0.459. The average Bonchev–Trinajstić information content (AvgIpc) is 3.54. The molecule has 0 N–H and O–H groups in total. The lowest BCUT2D eigenvalue weighted by Crippen LogP contribution is -2.12. The number of imidazole rings is 1. The van der Waals surface area contributed by atoms with E-state index in [1.165, 1.54) is 32.1 Å². The maximum Gasteiger partial charge on any atom is 0.153 e. The third-order valence-corrected chi connectivity index (χ3v) is 6.04. The smallest absolute Gasteiger partial charge is 0.153 e. The van der Waals surface area contributed by atoms with Crippen molar-refractivity contribution in [3.05, 3.63) is 61.1 Å². The first kappa shape index (κ1) is 17.3. The van der Waals surface area contributed by atoms with Gasteiger partial charge in [-0.25, -0.2) is 9.50 Å². The van der Waals surface area contributed by atoms with E-state index in [9.17, 15) is 0 Å². The van der Waals surface area contributed by atoms with Crippen LogP contribution < -0.4 is 0 Å². The molecule has 5 heterocycles. The van der Waals surface area contributed by atoms with Crippen molar-refractivity contribution < 1.29 is 0 Å². The van der Waals surface area contributed by atoms with Gasteiger partial charge >= 0.3 is 0 Å². The summed E-state index contributed by atoms with van der Waals surface area (Å²) in [5.74, 6) is 0. The Hall–Kier alpha value is -3.55. The molecule has 1 fully saturated rings. The van der Waals surface area contributed by atoms with Gasteiger partial charge in [0.25, 0.3) is 0 Å². The second-order valence-corrected chi connectivity index (χ2v) is 7.97. The monoisotopic (exact) mass is 398 g/mol. The van der Waals surface area contributed by atoms with Crippen molar-refractivity contribution in [3.8, 4) is 11.1 Å². The van der Waals surface area contributed by atoms with Crippen molar-refractivity contribution in [3.63, 3.8) is 0 Å². The van der Waals surface area contributed by atoms with Crippen LogP contribution in [-0.2, 0) is 6.54 Å². The van der Waals surface area contributed by atoms with E-state index in [1.807, 2.05) is 39.9 Å². The highest BCUT2D eigenvalue weighted by molar-refractivity contribution is 5.80. The Bertz CT molecular complexity index is 1320. The molecule has 0 aromatic carbocycles. The number of fused-ring (bicyclic) bond motifs is 2. The predicted molar refractivity (Wildman–Crippen MR) is 113 cm³/mol. The van der Waals surface area contributed by atoms with E-state index in [-0.39, 0.29) is 0 Å². The first-order chi connectivity index (χ1) is 14.8. The molecule has 5 aromatic heterocycles. The van der Waals surface area contributed by atoms with E-state index >= 15 is 0 Å². The fourth-order valence-corrected chi connectivity index (χ4v) is 4.41. The number of hydrogen-bond acceptors (Lipinski definition) is 5. The standard InChI is InChI=1S/C22H22N8/c1-2-5-18(6-3-1)28-14-17(11-26-28)16-9-21-20(23-10-16)13-27-29(21)15-19-12-24-22-7-4-8-25-30(19)22/h4,7-14,18H,1-3,5-6,15H2. The molecule has 30 heavy (non-hydrogen) atoms. The molecule has 0 radical (unpaired) electrons. The fourth-order valence-electron chi connectivity index (χ4n) is 4.41. The summed E-state index contributed by atoms with van der Waals surface area (Å²) in [4.78, 5) is 9.06. The summed E-state index contributed by atoms with van der Waals surface area (Å²) in [5, 5.41) is 13.6. The van der Waals surface area contributed by atoms with Gasteiger partial charge in [-0.15, -0.1) is 0 Å². The largest absolute Gasteiger partial charge is 0.269 e. The summed E-state index contributed by atoms with van der Waals surface area (Å²) in [7, 11) is 0. The summed E-state index contributed by atoms with van der Waals surface area (Å²) in [6.07, 6.45) is 17.8. The van der Waals surface area contributed by atoms with Crippen molar-refractivity contribution in [2.24, 2.45) is 0 Å². The zero-order valence-corrected chi connectivity index (χ0v) is 16.6. The van der Waals surface area contributed by atoms with Gasteiger partial charge < -0.3 is 0 Å². The summed E-state index contributed by atoms with van der Waals surface area (Å²) < 4.78 is 5.94. The molecule has 8 nitrogen and oxygen atoms in total. The molecule has 8 heteroatoms. The Kier molecular flexibility index (Phi) is 4.07. The Morgan fingerprint density at radius 3 is 2.77 bits per heavy atom. The summed E-state index contributed by atoms with van der Waals surface area (Å²) >= 11 is 0. The molecule has 1 saturated carbocycles. The van der Waals surface area contributed by atoms with Gasteiger partial charge in [0.15, 0.2) is 5.65 Å². The number of hydrogen-bond donors (Lipinski definition) is 0. The minimum Gasteiger partial charge on any atom is -0.269 e. The highest BCUT2D eigenvalue weighted by atomic mass is 15.3. The zero-order chi connectivity index (χ0) is 19.9. The van der Waals surface area contributed by atoms with Crippen LogP contribution in [0.5, 0.6) is 0 Å². The zero-order valence-electron chi connectivity index (χ0n) is 16.6. The molecule has 0 unspecified atom stereocenters. The summed E-state index contributed by atoms with van der Waals surface area (Å²) in [6.45, 7) is 0.578. The number of pyridine rings is 1. The van der Waals surface area contributed by atoms with Crippen molar-refractivity contribution >= 4 is 16.7 Å². The highest BCUT2D eigenvalue weighted by Gasteiger charge is 2.17. The maximum absolute atomic E-state index is 4.65. The van der Waals surface area contributed by atoms with E-state index < -0.39 is 0 Å². The third kappa shape index (κ3) is 2.96. The van der Waals surface area contributed by atoms with Gasteiger partial charge in [0.05, 0.1) is 42.4 Å². The van der Waals surface area contributed by atoms with Crippen LogP contribution in [-0.4, -0.2) is 39.1 Å². The highest BCUT2D eigenvalue weighted by Crippen LogP contribution is 2.30. The molecule has 0 saturated heterocycles. The van der Waals surface area contributed by atoms with Crippen molar-refractivity contribution in [2.45, 2.75) is 44.7 Å². The lowest BCUT2D eigenvalue weighted by atomic mass is 9.96. The first-order valence-electron chi connectivity index (χ1n) is 10.5. The predicted octanol–water partition coefficient (Wildman–Crippen LogP) is 3.89. The Balaban J connectivity index is 1.33. The molecular weight excluding hydrogens is 376 g/mol. The van der Waals surface area contributed by atoms with Gasteiger partial charge in [-0.1, -0.05) is 19.3 Å². The van der Waals surface area contributed by atoms with Crippen LogP contribution in [0.15, 0.2) is 55.4 Å². The van der Waals surface area contributed by atoms with E-state index in [0.29, 0.717) is 12.6 Å². The van der Waals surface area contributed by atoms with Crippen LogP contribution in [0.3, 0.4) is 0 Å². The molecular formula is C22H22N8. The molecule has 0 aliphatic heterocycles. The Morgan fingerprint density at radius 2 is 1.83 bits per heavy atom. The van der Waals surface area contributed by atoms with Gasteiger partial charge in [-0.3, -0.25) is 14.3 Å². The Labute approximate surface area is 173 Å². The molecule has 1 aliphatic carbocycles. The molecule has 5 aromatic rings. The van der Waals surface area contributed by atoms with E-state index in [2.05, 4.69) is 42.2 Å². The van der Waals surface area contributed by atoms with Gasteiger partial charge in [-0.05, 0) is 31.0 Å². The number of nitrogens with zero attached hydrogens (tertiary/aromatic N) is 8. The number of aromatic nitrogens is 8. The van der Waals surface area contributed by atoms with Crippen molar-refractivity contribution in [1.29, 1.82) is 0 Å². The second kappa shape index (κ2) is 7.05. The van der Waals surface area contributed by atoms with Crippen LogP contribution in [0.4, 0.5) is 0 Å². The third-order valence-electron chi connectivity index (χ3n) is 6.04. The van der Waals surface area contributed by atoms with Crippen molar-refractivity contribution in [1.82, 2.24) is 39.1 Å². The topological polar surface area (TPSA) is 78.7 Å². The van der Waals surface area contributed by atoms with E-state index in [1.54, 1.807) is 12.4 Å². The van der Waals surface area contributed by atoms with Crippen molar-refractivity contribution in [2.75, 3.05) is 0 Å². The van der Waals surface area contributed by atoms with Crippen LogP contribution in [0.1, 0.15) is 43.8 Å². The lowest BCUT2D eigenvalue weighted by Gasteiger charge is -2.21. The molecule has 150 valence electrons. The minimum absolute atomic E-state index is 0.525. The number of rotatable bonds is 4. The summed E-state index contributed by atoms with van der Waals surface area (Å²) in [6, 6.07) is 6.51. The van der Waals surface area contributed by atoms with Gasteiger partial charge in [-0.2, -0.15) is 15.3 Å². The summed E-state index contributed by atoms with van der Waals surface area (Å²) in [5.41, 5.74) is 5.83. The maximum atomic E-state index is 4.65. The van der Waals surface area contributed by atoms with Gasteiger partial charge in [0.1, 0.15) is 5.52 Å². The van der Waals surface area contributed by atoms with Gasteiger partial charge in [0.2, 0.25) is 0 Å². The minimum atomic E-state index is 0.525. The molecule has 0 amide bonds. The average molecular weight is 398 g/mol.